The molecule has 1 atom stereocenters. The standard InChI is InChI=1S/C15H21NO3/c17-11-12-5-6-16(9-12)10-13-3-1-4-14-15(13)19-8-2-7-18-14/h1,3-4,12,17H,2,5-11H2. The van der Waals surface area contributed by atoms with Crippen molar-refractivity contribution in [3.63, 3.8) is 0 Å². The normalized spacial score (nSPS) is 23.3. The van der Waals surface area contributed by atoms with Crippen LogP contribution < -0.4 is 9.47 Å². The molecule has 104 valence electrons. The van der Waals surface area contributed by atoms with Crippen molar-refractivity contribution in [1.29, 1.82) is 0 Å². The summed E-state index contributed by atoms with van der Waals surface area (Å²) in [6.45, 7) is 4.65. The van der Waals surface area contributed by atoms with Crippen LogP contribution in [-0.4, -0.2) is 42.9 Å². The third kappa shape index (κ3) is 2.85. The fraction of sp³-hybridized carbons (Fsp3) is 0.600. The number of nitrogens with zero attached hydrogens (tertiary/aromatic N) is 1. The molecule has 2 aliphatic rings. The van der Waals surface area contributed by atoms with Crippen molar-refractivity contribution in [2.24, 2.45) is 5.92 Å². The van der Waals surface area contributed by atoms with Gasteiger partial charge in [0.15, 0.2) is 11.5 Å². The van der Waals surface area contributed by atoms with Crippen LogP contribution in [0.2, 0.25) is 0 Å². The maximum absolute atomic E-state index is 9.21. The second kappa shape index (κ2) is 5.80. The number of para-hydroxylation sites is 1. The Balaban J connectivity index is 1.74. The van der Waals surface area contributed by atoms with E-state index in [0.717, 1.165) is 57.2 Å². The van der Waals surface area contributed by atoms with Gasteiger partial charge in [-0.3, -0.25) is 4.90 Å². The zero-order valence-electron chi connectivity index (χ0n) is 11.2. The van der Waals surface area contributed by atoms with E-state index in [1.807, 2.05) is 12.1 Å². The van der Waals surface area contributed by atoms with Gasteiger partial charge < -0.3 is 14.6 Å². The number of ether oxygens (including phenoxy) is 2. The van der Waals surface area contributed by atoms with Crippen LogP contribution in [0.25, 0.3) is 0 Å². The third-order valence-corrected chi connectivity index (χ3v) is 3.88. The highest BCUT2D eigenvalue weighted by Crippen LogP contribution is 2.34. The first-order chi connectivity index (χ1) is 9.36. The van der Waals surface area contributed by atoms with E-state index < -0.39 is 0 Å². The van der Waals surface area contributed by atoms with Crippen molar-refractivity contribution in [3.8, 4) is 11.5 Å². The van der Waals surface area contributed by atoms with Crippen molar-refractivity contribution >= 4 is 0 Å². The maximum atomic E-state index is 9.21. The number of hydrogen-bond acceptors (Lipinski definition) is 4. The molecule has 4 heteroatoms. The van der Waals surface area contributed by atoms with E-state index in [9.17, 15) is 5.11 Å². The Hall–Kier alpha value is -1.26. The second-order valence-electron chi connectivity index (χ2n) is 5.37. The minimum atomic E-state index is 0.295. The molecule has 2 aliphatic heterocycles. The number of hydrogen-bond donors (Lipinski definition) is 1. The highest BCUT2D eigenvalue weighted by molar-refractivity contribution is 5.47. The summed E-state index contributed by atoms with van der Waals surface area (Å²) in [6, 6.07) is 6.12. The van der Waals surface area contributed by atoms with Gasteiger partial charge in [0, 0.05) is 31.7 Å². The monoisotopic (exact) mass is 263 g/mol. The molecule has 1 aromatic carbocycles. The average Bonchev–Trinajstić information content (AvgIpc) is 2.74. The van der Waals surface area contributed by atoms with Crippen LogP contribution in [0.5, 0.6) is 11.5 Å². The van der Waals surface area contributed by atoms with Crippen molar-refractivity contribution in [2.75, 3.05) is 32.9 Å². The molecule has 0 bridgehead atoms. The molecule has 0 amide bonds. The summed E-state index contributed by atoms with van der Waals surface area (Å²) in [6.07, 6.45) is 2.02. The van der Waals surface area contributed by atoms with Gasteiger partial charge in [0.1, 0.15) is 0 Å². The number of likely N-dealkylation sites (tertiary alicyclic amines) is 1. The number of aliphatic hydroxyl groups excluding tert-OH is 1. The molecule has 1 N–H and O–H groups in total. The summed E-state index contributed by atoms with van der Waals surface area (Å²) in [5.41, 5.74) is 1.19. The van der Waals surface area contributed by atoms with Crippen LogP contribution in [0.4, 0.5) is 0 Å². The summed E-state index contributed by atoms with van der Waals surface area (Å²) in [5, 5.41) is 9.21. The van der Waals surface area contributed by atoms with Gasteiger partial charge in [0.2, 0.25) is 0 Å². The van der Waals surface area contributed by atoms with Gasteiger partial charge >= 0.3 is 0 Å². The van der Waals surface area contributed by atoms with Gasteiger partial charge in [0.25, 0.3) is 0 Å². The lowest BCUT2D eigenvalue weighted by Crippen LogP contribution is -2.21. The van der Waals surface area contributed by atoms with Crippen LogP contribution in [0, 0.1) is 5.92 Å². The summed E-state index contributed by atoms with van der Waals surface area (Å²) in [7, 11) is 0. The zero-order chi connectivity index (χ0) is 13.1. The molecule has 2 heterocycles. The molecule has 1 fully saturated rings. The maximum Gasteiger partial charge on any atom is 0.165 e. The van der Waals surface area contributed by atoms with E-state index >= 15 is 0 Å². The van der Waals surface area contributed by atoms with Crippen molar-refractivity contribution in [3.05, 3.63) is 23.8 Å². The van der Waals surface area contributed by atoms with Crippen LogP contribution >= 0.6 is 0 Å². The molecule has 0 aromatic heterocycles. The molecule has 0 saturated carbocycles. The molecule has 3 rings (SSSR count). The van der Waals surface area contributed by atoms with E-state index in [2.05, 4.69) is 11.0 Å². The van der Waals surface area contributed by atoms with E-state index in [-0.39, 0.29) is 0 Å². The van der Waals surface area contributed by atoms with Gasteiger partial charge in [-0.2, -0.15) is 0 Å². The Morgan fingerprint density at radius 1 is 1.26 bits per heavy atom. The molecule has 4 nitrogen and oxygen atoms in total. The first-order valence-corrected chi connectivity index (χ1v) is 7.07. The Morgan fingerprint density at radius 2 is 2.16 bits per heavy atom. The quantitative estimate of drug-likeness (QED) is 0.900. The summed E-state index contributed by atoms with van der Waals surface area (Å²) in [4.78, 5) is 2.38. The number of aliphatic hydroxyl groups is 1. The lowest BCUT2D eigenvalue weighted by atomic mass is 10.1. The van der Waals surface area contributed by atoms with Crippen molar-refractivity contribution < 1.29 is 14.6 Å². The predicted octanol–water partition coefficient (Wildman–Crippen LogP) is 1.66. The van der Waals surface area contributed by atoms with Gasteiger partial charge in [-0.15, -0.1) is 0 Å². The number of fused-ring (bicyclic) bond motifs is 1. The lowest BCUT2D eigenvalue weighted by Gasteiger charge is -2.18. The van der Waals surface area contributed by atoms with Crippen LogP contribution in [0.15, 0.2) is 18.2 Å². The highest BCUT2D eigenvalue weighted by atomic mass is 16.5. The molecule has 0 aliphatic carbocycles. The molecular formula is C15H21NO3. The second-order valence-corrected chi connectivity index (χ2v) is 5.37. The first kappa shape index (κ1) is 12.8. The largest absolute Gasteiger partial charge is 0.490 e. The Labute approximate surface area is 113 Å². The molecule has 0 radical (unpaired) electrons. The van der Waals surface area contributed by atoms with Crippen molar-refractivity contribution in [2.45, 2.75) is 19.4 Å². The number of rotatable bonds is 3. The molecular weight excluding hydrogens is 242 g/mol. The SMILES string of the molecule is OCC1CCN(Cc2cccc3c2OCCCO3)C1. The minimum Gasteiger partial charge on any atom is -0.490 e. The summed E-state index contributed by atoms with van der Waals surface area (Å²) in [5.74, 6) is 2.21. The molecule has 0 spiro atoms. The van der Waals surface area contributed by atoms with Gasteiger partial charge in [-0.25, -0.2) is 0 Å². The Bertz CT molecular complexity index is 435. The van der Waals surface area contributed by atoms with Gasteiger partial charge in [-0.1, -0.05) is 12.1 Å². The molecule has 1 saturated heterocycles. The third-order valence-electron chi connectivity index (χ3n) is 3.88. The van der Waals surface area contributed by atoms with Gasteiger partial charge in [-0.05, 0) is 24.9 Å². The fourth-order valence-corrected chi connectivity index (χ4v) is 2.82. The minimum absolute atomic E-state index is 0.295. The van der Waals surface area contributed by atoms with Crippen molar-refractivity contribution in [1.82, 2.24) is 4.90 Å². The fourth-order valence-electron chi connectivity index (χ4n) is 2.82. The average molecular weight is 263 g/mol. The van der Waals surface area contributed by atoms with Gasteiger partial charge in [0.05, 0.1) is 13.2 Å². The van der Waals surface area contributed by atoms with E-state index in [1.54, 1.807) is 0 Å². The van der Waals surface area contributed by atoms with Crippen LogP contribution in [0.3, 0.4) is 0 Å². The lowest BCUT2D eigenvalue weighted by molar-refractivity contribution is 0.219. The Kier molecular flexibility index (Phi) is 3.89. The topological polar surface area (TPSA) is 41.9 Å². The highest BCUT2D eigenvalue weighted by Gasteiger charge is 2.23. The Morgan fingerprint density at radius 3 is 3.00 bits per heavy atom. The first-order valence-electron chi connectivity index (χ1n) is 7.07. The van der Waals surface area contributed by atoms with E-state index in [0.29, 0.717) is 12.5 Å². The van der Waals surface area contributed by atoms with Crippen LogP contribution in [0.1, 0.15) is 18.4 Å². The summed E-state index contributed by atoms with van der Waals surface area (Å²) < 4.78 is 11.6. The predicted molar refractivity (Wildman–Crippen MR) is 72.5 cm³/mol. The zero-order valence-corrected chi connectivity index (χ0v) is 11.2. The van der Waals surface area contributed by atoms with E-state index in [4.69, 9.17) is 9.47 Å². The van der Waals surface area contributed by atoms with Crippen LogP contribution in [-0.2, 0) is 6.54 Å². The molecule has 1 unspecified atom stereocenters. The molecule has 1 aromatic rings. The smallest absolute Gasteiger partial charge is 0.165 e. The van der Waals surface area contributed by atoms with E-state index in [1.165, 1.54) is 5.56 Å². The summed E-state index contributed by atoms with van der Waals surface area (Å²) >= 11 is 0. The molecule has 19 heavy (non-hydrogen) atoms. The number of benzene rings is 1.